The van der Waals surface area contributed by atoms with E-state index in [9.17, 15) is 13.5 Å². The summed E-state index contributed by atoms with van der Waals surface area (Å²) in [6.07, 6.45) is 0.670. The minimum Gasteiger partial charge on any atom is -0.391 e. The highest BCUT2D eigenvalue weighted by Gasteiger charge is 2.39. The zero-order valence-corrected chi connectivity index (χ0v) is 8.68. The van der Waals surface area contributed by atoms with Gasteiger partial charge in [0, 0.05) is 12.0 Å². The van der Waals surface area contributed by atoms with Crippen LogP contribution < -0.4 is 5.73 Å². The molecule has 1 heterocycles. The Kier molecular flexibility index (Phi) is 2.99. The van der Waals surface area contributed by atoms with E-state index in [4.69, 9.17) is 5.73 Å². The van der Waals surface area contributed by atoms with Gasteiger partial charge in [-0.3, -0.25) is 0 Å². The fourth-order valence-corrected chi connectivity index (χ4v) is 3.96. The molecule has 0 aromatic carbocycles. The number of aliphatic hydroxyl groups excluding tert-OH is 1. The van der Waals surface area contributed by atoms with Crippen molar-refractivity contribution in [1.82, 2.24) is 0 Å². The molecule has 1 saturated heterocycles. The predicted octanol–water partition coefficient (Wildman–Crippen LogP) is -0.479. The lowest BCUT2D eigenvalue weighted by Crippen LogP contribution is -2.46. The van der Waals surface area contributed by atoms with E-state index in [0.717, 1.165) is 6.42 Å². The second kappa shape index (κ2) is 3.55. The van der Waals surface area contributed by atoms with E-state index in [1.165, 1.54) is 0 Å². The van der Waals surface area contributed by atoms with Crippen LogP contribution in [0.1, 0.15) is 19.8 Å². The van der Waals surface area contributed by atoms with Gasteiger partial charge in [0.05, 0.1) is 17.6 Å². The molecule has 2 unspecified atom stereocenters. The van der Waals surface area contributed by atoms with E-state index in [1.54, 1.807) is 6.92 Å². The van der Waals surface area contributed by atoms with Gasteiger partial charge in [-0.2, -0.15) is 0 Å². The van der Waals surface area contributed by atoms with E-state index in [-0.39, 0.29) is 18.1 Å². The highest BCUT2D eigenvalue weighted by atomic mass is 32.2. The molecule has 2 atom stereocenters. The van der Waals surface area contributed by atoms with E-state index in [2.05, 4.69) is 0 Å². The zero-order chi connectivity index (χ0) is 10.1. The van der Waals surface area contributed by atoms with E-state index in [0.29, 0.717) is 6.42 Å². The van der Waals surface area contributed by atoms with Crippen molar-refractivity contribution in [3.8, 4) is 0 Å². The fourth-order valence-electron chi connectivity index (χ4n) is 1.89. The van der Waals surface area contributed by atoms with Crippen LogP contribution in [-0.4, -0.2) is 37.7 Å². The van der Waals surface area contributed by atoms with Gasteiger partial charge >= 0.3 is 0 Å². The van der Waals surface area contributed by atoms with Crippen LogP contribution in [0, 0.1) is 5.41 Å². The van der Waals surface area contributed by atoms with Gasteiger partial charge in [-0.05, 0) is 12.8 Å². The maximum Gasteiger partial charge on any atom is 0.150 e. The molecule has 0 aromatic heterocycles. The molecule has 0 radical (unpaired) electrons. The molecule has 1 fully saturated rings. The molecule has 0 amide bonds. The maximum absolute atomic E-state index is 11.3. The summed E-state index contributed by atoms with van der Waals surface area (Å²) in [5, 5.41) is 9.58. The van der Waals surface area contributed by atoms with Gasteiger partial charge in [0.15, 0.2) is 9.84 Å². The molecular formula is C8H17NO3S. The minimum atomic E-state index is -2.96. The molecule has 0 spiro atoms. The summed E-state index contributed by atoms with van der Waals surface area (Å²) in [5.74, 6) is 0.318. The Balaban J connectivity index is 2.80. The van der Waals surface area contributed by atoms with Gasteiger partial charge in [-0.15, -0.1) is 0 Å². The largest absolute Gasteiger partial charge is 0.391 e. The molecule has 5 heteroatoms. The number of sulfone groups is 1. The number of rotatable bonds is 2. The average molecular weight is 207 g/mol. The first kappa shape index (κ1) is 10.9. The van der Waals surface area contributed by atoms with Crippen LogP contribution in [0.25, 0.3) is 0 Å². The summed E-state index contributed by atoms with van der Waals surface area (Å²) in [6, 6.07) is 0. The van der Waals surface area contributed by atoms with Gasteiger partial charge in [-0.1, -0.05) is 6.92 Å². The third-order valence-corrected chi connectivity index (χ3v) is 4.79. The Hall–Kier alpha value is -0.130. The normalized spacial score (nSPS) is 35.6. The Morgan fingerprint density at radius 1 is 1.62 bits per heavy atom. The summed E-state index contributed by atoms with van der Waals surface area (Å²) < 4.78 is 22.7. The van der Waals surface area contributed by atoms with Crippen molar-refractivity contribution in [3.63, 3.8) is 0 Å². The summed E-state index contributed by atoms with van der Waals surface area (Å²) in [4.78, 5) is 0. The molecule has 1 rings (SSSR count). The van der Waals surface area contributed by atoms with Crippen LogP contribution in [-0.2, 0) is 9.84 Å². The molecule has 0 aliphatic carbocycles. The summed E-state index contributed by atoms with van der Waals surface area (Å²) >= 11 is 0. The first-order valence-electron chi connectivity index (χ1n) is 4.48. The third kappa shape index (κ3) is 2.42. The van der Waals surface area contributed by atoms with E-state index < -0.39 is 21.4 Å². The van der Waals surface area contributed by atoms with Gasteiger partial charge in [0.2, 0.25) is 0 Å². The molecule has 0 aromatic rings. The van der Waals surface area contributed by atoms with Crippen LogP contribution in [0.4, 0.5) is 0 Å². The summed E-state index contributed by atoms with van der Waals surface area (Å²) in [7, 11) is -2.96. The zero-order valence-electron chi connectivity index (χ0n) is 7.86. The first-order chi connectivity index (χ1) is 5.90. The van der Waals surface area contributed by atoms with Crippen LogP contribution in [0.2, 0.25) is 0 Å². The van der Waals surface area contributed by atoms with Crippen molar-refractivity contribution < 1.29 is 13.5 Å². The van der Waals surface area contributed by atoms with Crippen molar-refractivity contribution in [2.45, 2.75) is 25.9 Å². The van der Waals surface area contributed by atoms with E-state index in [1.807, 2.05) is 0 Å². The number of hydrogen-bond acceptors (Lipinski definition) is 4. The molecule has 4 nitrogen and oxygen atoms in total. The average Bonchev–Trinajstić information content (AvgIpc) is 2.00. The molecule has 1 aliphatic heterocycles. The lowest BCUT2D eigenvalue weighted by atomic mass is 9.81. The lowest BCUT2D eigenvalue weighted by molar-refractivity contribution is 0.0506. The van der Waals surface area contributed by atoms with Crippen molar-refractivity contribution in [3.05, 3.63) is 0 Å². The molecule has 78 valence electrons. The molecule has 13 heavy (non-hydrogen) atoms. The van der Waals surface area contributed by atoms with E-state index >= 15 is 0 Å². The number of hydrogen-bond donors (Lipinski definition) is 2. The molecule has 0 bridgehead atoms. The van der Waals surface area contributed by atoms with Crippen molar-refractivity contribution >= 4 is 9.84 Å². The van der Waals surface area contributed by atoms with Crippen molar-refractivity contribution in [2.24, 2.45) is 11.1 Å². The van der Waals surface area contributed by atoms with Gasteiger partial charge in [0.1, 0.15) is 0 Å². The number of nitrogens with two attached hydrogens (primary N) is 1. The fraction of sp³-hybridized carbons (Fsp3) is 1.00. The Morgan fingerprint density at radius 3 is 2.69 bits per heavy atom. The summed E-state index contributed by atoms with van der Waals surface area (Å²) in [6.45, 7) is 1.92. The van der Waals surface area contributed by atoms with Crippen LogP contribution >= 0.6 is 0 Å². The standard InChI is InChI=1S/C8H17NO3S/c1-8(7(10)5-9)3-2-4-13(11,12)6-8/h7,10H,2-6,9H2,1H3. The molecule has 1 aliphatic rings. The van der Waals surface area contributed by atoms with Gasteiger partial charge in [0.25, 0.3) is 0 Å². The topological polar surface area (TPSA) is 80.4 Å². The Labute approximate surface area is 79.0 Å². The van der Waals surface area contributed by atoms with Crippen molar-refractivity contribution in [1.29, 1.82) is 0 Å². The van der Waals surface area contributed by atoms with Gasteiger partial charge in [-0.25, -0.2) is 8.42 Å². The first-order valence-corrected chi connectivity index (χ1v) is 6.30. The monoisotopic (exact) mass is 207 g/mol. The maximum atomic E-state index is 11.3. The third-order valence-electron chi connectivity index (χ3n) is 2.78. The molecule has 0 saturated carbocycles. The van der Waals surface area contributed by atoms with Crippen LogP contribution in [0.5, 0.6) is 0 Å². The summed E-state index contributed by atoms with van der Waals surface area (Å²) in [5.41, 5.74) is 4.80. The predicted molar refractivity (Wildman–Crippen MR) is 51.1 cm³/mol. The second-order valence-electron chi connectivity index (χ2n) is 4.10. The Morgan fingerprint density at radius 2 is 2.23 bits per heavy atom. The van der Waals surface area contributed by atoms with Crippen LogP contribution in [0.15, 0.2) is 0 Å². The van der Waals surface area contributed by atoms with Gasteiger partial charge < -0.3 is 10.8 Å². The van der Waals surface area contributed by atoms with Crippen molar-refractivity contribution in [2.75, 3.05) is 18.1 Å². The SMILES string of the molecule is CC1(C(O)CN)CCCS(=O)(=O)C1. The Bertz CT molecular complexity index is 275. The lowest BCUT2D eigenvalue weighted by Gasteiger charge is -2.36. The highest BCUT2D eigenvalue weighted by Crippen LogP contribution is 2.33. The second-order valence-corrected chi connectivity index (χ2v) is 6.29. The quantitative estimate of drug-likeness (QED) is 0.641. The van der Waals surface area contributed by atoms with Crippen LogP contribution in [0.3, 0.4) is 0 Å². The minimum absolute atomic E-state index is 0.0678. The molecule has 3 N–H and O–H groups in total. The number of aliphatic hydroxyl groups is 1. The highest BCUT2D eigenvalue weighted by molar-refractivity contribution is 7.91. The molecular weight excluding hydrogens is 190 g/mol. The smallest absolute Gasteiger partial charge is 0.150 e.